The van der Waals surface area contributed by atoms with E-state index < -0.39 is 10.0 Å². The van der Waals surface area contributed by atoms with E-state index in [0.29, 0.717) is 5.69 Å². The maximum atomic E-state index is 12.6. The van der Waals surface area contributed by atoms with Crippen LogP contribution in [0.1, 0.15) is 47.9 Å². The molecule has 0 radical (unpaired) electrons. The van der Waals surface area contributed by atoms with Gasteiger partial charge in [-0.1, -0.05) is 60.7 Å². The lowest BCUT2D eigenvalue weighted by atomic mass is 9.91. The Hall–Kier alpha value is -3.48. The lowest BCUT2D eigenvalue weighted by Crippen LogP contribution is -2.17. The van der Waals surface area contributed by atoms with Crippen LogP contribution in [0.15, 0.2) is 84.9 Å². The fraction of sp³-hybridized carbons (Fsp3) is 0.188. The zero-order chi connectivity index (χ0) is 26.0. The minimum atomic E-state index is -3.35. The summed E-state index contributed by atoms with van der Waals surface area (Å²) in [5.41, 5.74) is 19.0. The molecule has 0 aliphatic heterocycles. The Bertz CT molecular complexity index is 1750. The second-order valence-electron chi connectivity index (χ2n) is 10.5. The molecule has 38 heavy (non-hydrogen) atoms. The van der Waals surface area contributed by atoms with E-state index in [2.05, 4.69) is 78.0 Å². The van der Waals surface area contributed by atoms with Crippen LogP contribution in [-0.2, 0) is 10.0 Å². The molecule has 2 saturated carbocycles. The second kappa shape index (κ2) is 8.79. The molecule has 8 rings (SSSR count). The summed E-state index contributed by atoms with van der Waals surface area (Å²) in [4.78, 5) is 0. The number of hydrogen-bond donors (Lipinski definition) is 3. The van der Waals surface area contributed by atoms with E-state index in [1.54, 1.807) is 0 Å². The molecule has 4 nitrogen and oxygen atoms in total. The number of thiol groups is 1. The van der Waals surface area contributed by atoms with Crippen molar-refractivity contribution in [2.24, 2.45) is 0 Å². The van der Waals surface area contributed by atoms with E-state index in [0.717, 1.165) is 62.7 Å². The van der Waals surface area contributed by atoms with Crippen LogP contribution >= 0.6 is 12.6 Å². The van der Waals surface area contributed by atoms with Gasteiger partial charge < -0.3 is 5.73 Å². The Balaban J connectivity index is 0.000000556. The first-order chi connectivity index (χ1) is 18.4. The van der Waals surface area contributed by atoms with Gasteiger partial charge in [-0.25, -0.2) is 8.42 Å². The van der Waals surface area contributed by atoms with Crippen LogP contribution in [0.25, 0.3) is 33.4 Å². The zero-order valence-corrected chi connectivity index (χ0v) is 22.5. The molecule has 4 aromatic rings. The van der Waals surface area contributed by atoms with Gasteiger partial charge in [-0.05, 0) is 106 Å². The minimum Gasteiger partial charge on any atom is -0.399 e. The number of benzene rings is 4. The van der Waals surface area contributed by atoms with Crippen molar-refractivity contribution < 1.29 is 8.42 Å². The molecular formula is C32H28N2O2S2. The van der Waals surface area contributed by atoms with Crippen molar-refractivity contribution in [3.05, 3.63) is 107 Å². The first-order valence-electron chi connectivity index (χ1n) is 13.1. The lowest BCUT2D eigenvalue weighted by molar-refractivity contribution is 0.600. The number of rotatable bonds is 3. The summed E-state index contributed by atoms with van der Waals surface area (Å²) in [5, 5.41) is 0.507. The molecule has 4 aromatic carbocycles. The standard InChI is InChI=1S/C29H22N2O2S.C3H6S/c30-17-9-13-22-20-5-1-3-7-24(20)28(26(22)15-17)29-25-8-4-2-6-21(25)23-14-10-18(16-27(23)29)31-34(32,33)19-11-12-19;4-3-1-2-3/h1-10,13-16,19,31H,11-12,30H2;3-4H,1-2H2/b29-28+;. The number of nitrogens with one attached hydrogen (secondary N) is 1. The van der Waals surface area contributed by atoms with Gasteiger partial charge in [0.1, 0.15) is 0 Å². The number of hydrogen-bond acceptors (Lipinski definition) is 4. The van der Waals surface area contributed by atoms with Crippen LogP contribution in [0.4, 0.5) is 11.4 Å². The van der Waals surface area contributed by atoms with Crippen molar-refractivity contribution in [3.63, 3.8) is 0 Å². The van der Waals surface area contributed by atoms with E-state index in [1.807, 2.05) is 24.3 Å². The van der Waals surface area contributed by atoms with E-state index >= 15 is 0 Å². The molecule has 0 heterocycles. The summed E-state index contributed by atoms with van der Waals surface area (Å²) >= 11 is 4.08. The highest BCUT2D eigenvalue weighted by molar-refractivity contribution is 7.93. The van der Waals surface area contributed by atoms with Crippen molar-refractivity contribution in [3.8, 4) is 22.3 Å². The van der Waals surface area contributed by atoms with E-state index in [4.69, 9.17) is 5.73 Å². The number of nitrogen functional groups attached to an aromatic ring is 1. The third kappa shape index (κ3) is 4.03. The molecule has 0 saturated heterocycles. The Morgan fingerprint density at radius 2 is 1.11 bits per heavy atom. The Morgan fingerprint density at radius 1 is 0.632 bits per heavy atom. The fourth-order valence-electron chi connectivity index (χ4n) is 5.45. The second-order valence-corrected chi connectivity index (χ2v) is 13.2. The predicted molar refractivity (Wildman–Crippen MR) is 161 cm³/mol. The van der Waals surface area contributed by atoms with E-state index in [-0.39, 0.29) is 5.25 Å². The van der Waals surface area contributed by atoms with Gasteiger partial charge in [0, 0.05) is 16.6 Å². The minimum absolute atomic E-state index is 0.271. The quantitative estimate of drug-likeness (QED) is 0.165. The zero-order valence-electron chi connectivity index (χ0n) is 20.8. The third-order valence-corrected chi connectivity index (χ3v) is 9.98. The summed E-state index contributed by atoms with van der Waals surface area (Å²) in [5.74, 6) is 0. The SMILES string of the molecule is Nc1ccc2c(c1)/C(=C1\c3ccccc3-c3ccc(NS(=O)(=O)C4CC4)cc31)c1ccccc1-2.SC1CC1. The van der Waals surface area contributed by atoms with Gasteiger partial charge in [0.05, 0.1) is 5.25 Å². The van der Waals surface area contributed by atoms with Gasteiger partial charge in [0.2, 0.25) is 10.0 Å². The maximum absolute atomic E-state index is 12.6. The molecule has 0 atom stereocenters. The van der Waals surface area contributed by atoms with Crippen molar-refractivity contribution in [1.82, 2.24) is 0 Å². The molecule has 2 fully saturated rings. The average Bonchev–Trinajstić information content (AvgIpc) is 3.85. The molecule has 0 unspecified atom stereocenters. The highest BCUT2D eigenvalue weighted by Gasteiger charge is 2.36. The maximum Gasteiger partial charge on any atom is 0.235 e. The molecular weight excluding hydrogens is 508 g/mol. The molecule has 0 bridgehead atoms. The topological polar surface area (TPSA) is 72.2 Å². The predicted octanol–water partition coefficient (Wildman–Crippen LogP) is 7.22. The van der Waals surface area contributed by atoms with Gasteiger partial charge in [0.25, 0.3) is 0 Å². The summed E-state index contributed by atoms with van der Waals surface area (Å²) in [6.45, 7) is 0. The van der Waals surface area contributed by atoms with Gasteiger partial charge in [0.15, 0.2) is 0 Å². The average molecular weight is 537 g/mol. The Kier molecular flexibility index (Phi) is 5.46. The molecule has 6 heteroatoms. The smallest absolute Gasteiger partial charge is 0.235 e. The Labute approximate surface area is 229 Å². The number of nitrogens with two attached hydrogens (primary N) is 1. The molecule has 4 aliphatic rings. The van der Waals surface area contributed by atoms with Crippen LogP contribution in [-0.4, -0.2) is 18.9 Å². The number of fused-ring (bicyclic) bond motifs is 6. The molecule has 0 aromatic heterocycles. The molecule has 0 amide bonds. The third-order valence-electron chi connectivity index (χ3n) is 7.60. The highest BCUT2D eigenvalue weighted by Crippen LogP contribution is 2.54. The van der Waals surface area contributed by atoms with Crippen molar-refractivity contribution >= 4 is 45.2 Å². The van der Waals surface area contributed by atoms with Gasteiger partial charge in [-0.3, -0.25) is 4.72 Å². The fourth-order valence-corrected chi connectivity index (χ4v) is 6.98. The number of anilines is 2. The van der Waals surface area contributed by atoms with Crippen LogP contribution in [0.2, 0.25) is 0 Å². The van der Waals surface area contributed by atoms with Gasteiger partial charge in [-0.15, -0.1) is 0 Å². The Morgan fingerprint density at radius 3 is 1.63 bits per heavy atom. The monoisotopic (exact) mass is 536 g/mol. The molecule has 0 spiro atoms. The van der Waals surface area contributed by atoms with Crippen molar-refractivity contribution in [1.29, 1.82) is 0 Å². The highest BCUT2D eigenvalue weighted by atomic mass is 32.2. The number of sulfonamides is 1. The first-order valence-corrected chi connectivity index (χ1v) is 15.1. The largest absolute Gasteiger partial charge is 0.399 e. The van der Waals surface area contributed by atoms with E-state index in [1.165, 1.54) is 29.5 Å². The first kappa shape index (κ1) is 23.6. The summed E-state index contributed by atoms with van der Waals surface area (Å²) in [7, 11) is -3.35. The molecule has 190 valence electrons. The van der Waals surface area contributed by atoms with Gasteiger partial charge >= 0.3 is 0 Å². The molecule has 3 N–H and O–H groups in total. The molecule has 4 aliphatic carbocycles. The normalized spacial score (nSPS) is 18.6. The summed E-state index contributed by atoms with van der Waals surface area (Å²) in [6, 6.07) is 28.8. The lowest BCUT2D eigenvalue weighted by Gasteiger charge is -2.13. The van der Waals surface area contributed by atoms with Crippen LogP contribution in [0, 0.1) is 0 Å². The van der Waals surface area contributed by atoms with Crippen LogP contribution < -0.4 is 10.5 Å². The van der Waals surface area contributed by atoms with Crippen LogP contribution in [0.5, 0.6) is 0 Å². The van der Waals surface area contributed by atoms with E-state index in [9.17, 15) is 8.42 Å². The van der Waals surface area contributed by atoms with Crippen molar-refractivity contribution in [2.75, 3.05) is 10.5 Å². The summed E-state index contributed by atoms with van der Waals surface area (Å²) in [6.07, 6.45) is 4.16. The van der Waals surface area contributed by atoms with Gasteiger partial charge in [-0.2, -0.15) is 12.6 Å². The van der Waals surface area contributed by atoms with Crippen molar-refractivity contribution in [2.45, 2.75) is 36.2 Å². The van der Waals surface area contributed by atoms with Crippen LogP contribution in [0.3, 0.4) is 0 Å². The summed E-state index contributed by atoms with van der Waals surface area (Å²) < 4.78 is 28.1.